The minimum Gasteiger partial charge on any atom is -0.229 e. The third-order valence-electron chi connectivity index (χ3n) is 3.38. The average Bonchev–Trinajstić information content (AvgIpc) is 2.80. The fourth-order valence-electron chi connectivity index (χ4n) is 2.28. The third-order valence-corrected chi connectivity index (χ3v) is 8.26. The lowest BCUT2D eigenvalue weighted by molar-refractivity contribution is 0.394. The Morgan fingerprint density at radius 2 is 2.00 bits per heavy atom. The summed E-state index contributed by atoms with van der Waals surface area (Å²) < 4.78 is 49.1. The van der Waals surface area contributed by atoms with E-state index < -0.39 is 25.9 Å². The summed E-state index contributed by atoms with van der Waals surface area (Å²) >= 11 is 1.43. The smallest absolute Gasteiger partial charge is 0.229 e. The fraction of sp³-hybridized carbons (Fsp3) is 0.636. The first-order valence-electron chi connectivity index (χ1n) is 5.89. The second-order valence-electron chi connectivity index (χ2n) is 4.86. The van der Waals surface area contributed by atoms with Gasteiger partial charge in [-0.1, -0.05) is 0 Å². The van der Waals surface area contributed by atoms with Gasteiger partial charge in [-0.2, -0.15) is 4.31 Å². The van der Waals surface area contributed by atoms with Crippen LogP contribution in [0.1, 0.15) is 16.2 Å². The Balaban J connectivity index is 2.33. The number of aryl methyl sites for hydroxylation is 2. The number of thiophene rings is 1. The lowest BCUT2D eigenvalue weighted by atomic mass is 10.3. The van der Waals surface area contributed by atoms with Gasteiger partial charge in [0.1, 0.15) is 0 Å². The molecule has 1 aromatic rings. The molecule has 0 bridgehead atoms. The van der Waals surface area contributed by atoms with Crippen molar-refractivity contribution in [3.63, 3.8) is 0 Å². The predicted octanol–water partition coefficient (Wildman–Crippen LogP) is 1.17. The van der Waals surface area contributed by atoms with E-state index in [0.717, 1.165) is 9.75 Å². The van der Waals surface area contributed by atoms with E-state index in [1.807, 2.05) is 6.92 Å². The highest BCUT2D eigenvalue weighted by molar-refractivity contribution is 7.92. The lowest BCUT2D eigenvalue weighted by Gasteiger charge is -2.22. The van der Waals surface area contributed by atoms with E-state index in [9.17, 15) is 16.8 Å². The predicted molar refractivity (Wildman–Crippen MR) is 75.8 cm³/mol. The summed E-state index contributed by atoms with van der Waals surface area (Å²) in [6, 6.07) is 1.20. The second kappa shape index (κ2) is 4.83. The minimum atomic E-state index is -3.60. The van der Waals surface area contributed by atoms with Crippen molar-refractivity contribution in [2.75, 3.05) is 18.6 Å². The Morgan fingerprint density at radius 3 is 2.42 bits per heavy atom. The Bertz CT molecular complexity index is 688. The van der Waals surface area contributed by atoms with Gasteiger partial charge >= 0.3 is 0 Å². The van der Waals surface area contributed by atoms with E-state index >= 15 is 0 Å². The maximum Gasteiger partial charge on any atom is 0.244 e. The van der Waals surface area contributed by atoms with Crippen molar-refractivity contribution >= 4 is 31.2 Å². The van der Waals surface area contributed by atoms with E-state index in [1.54, 1.807) is 13.0 Å². The summed E-state index contributed by atoms with van der Waals surface area (Å²) in [4.78, 5) is 1.97. The minimum absolute atomic E-state index is 0.0686. The highest BCUT2D eigenvalue weighted by atomic mass is 32.2. The van der Waals surface area contributed by atoms with Gasteiger partial charge < -0.3 is 0 Å². The molecule has 0 aliphatic carbocycles. The normalized spacial score (nSPS) is 23.1. The molecule has 1 fully saturated rings. The Labute approximate surface area is 118 Å². The van der Waals surface area contributed by atoms with E-state index in [1.165, 1.54) is 22.7 Å². The van der Waals surface area contributed by atoms with Crippen LogP contribution in [-0.4, -0.2) is 45.7 Å². The van der Waals surface area contributed by atoms with Crippen molar-refractivity contribution in [3.8, 4) is 0 Å². The monoisotopic (exact) mass is 323 g/mol. The highest BCUT2D eigenvalue weighted by Crippen LogP contribution is 2.29. The fourth-order valence-corrected chi connectivity index (χ4v) is 7.05. The molecule has 8 heteroatoms. The quantitative estimate of drug-likeness (QED) is 0.837. The zero-order valence-corrected chi connectivity index (χ0v) is 13.5. The average molecular weight is 323 g/mol. The number of hydrogen-bond donors (Lipinski definition) is 0. The number of rotatable bonds is 3. The molecular weight excluding hydrogens is 306 g/mol. The highest BCUT2D eigenvalue weighted by Gasteiger charge is 2.37. The van der Waals surface area contributed by atoms with Gasteiger partial charge in [-0.3, -0.25) is 0 Å². The number of nitrogens with zero attached hydrogens (tertiary/aromatic N) is 1. The van der Waals surface area contributed by atoms with Crippen LogP contribution < -0.4 is 0 Å². The molecular formula is C11H17NO4S3. The maximum absolute atomic E-state index is 12.5. The number of sulfone groups is 1. The van der Waals surface area contributed by atoms with Crippen LogP contribution >= 0.6 is 11.3 Å². The second-order valence-corrected chi connectivity index (χ2v) is 10.5. The number of sulfonamides is 1. The van der Waals surface area contributed by atoms with Crippen LogP contribution in [0.4, 0.5) is 0 Å². The van der Waals surface area contributed by atoms with Crippen molar-refractivity contribution in [2.24, 2.45) is 0 Å². The molecule has 2 rings (SSSR count). The topological polar surface area (TPSA) is 71.5 Å². The summed E-state index contributed by atoms with van der Waals surface area (Å²) in [5, 5.41) is 0. The van der Waals surface area contributed by atoms with E-state index in [4.69, 9.17) is 0 Å². The molecule has 0 spiro atoms. The molecule has 2 heterocycles. The molecule has 1 aromatic heterocycles. The van der Waals surface area contributed by atoms with Crippen molar-refractivity contribution in [3.05, 3.63) is 15.8 Å². The molecule has 0 aromatic carbocycles. The van der Waals surface area contributed by atoms with Gasteiger partial charge in [0.15, 0.2) is 9.84 Å². The molecule has 0 amide bonds. The van der Waals surface area contributed by atoms with Crippen LogP contribution in [0.2, 0.25) is 0 Å². The van der Waals surface area contributed by atoms with Gasteiger partial charge in [0.2, 0.25) is 10.0 Å². The van der Waals surface area contributed by atoms with Gasteiger partial charge in [-0.25, -0.2) is 16.8 Å². The van der Waals surface area contributed by atoms with Gasteiger partial charge in [0, 0.05) is 22.8 Å². The summed E-state index contributed by atoms with van der Waals surface area (Å²) in [5.41, 5.74) is 0. The first-order chi connectivity index (χ1) is 8.63. The van der Waals surface area contributed by atoms with Crippen LogP contribution in [0.15, 0.2) is 11.0 Å². The molecule has 108 valence electrons. The zero-order valence-electron chi connectivity index (χ0n) is 11.1. The SMILES string of the molecule is Cc1cc(S(=O)(=O)N(C)C2CCS(=O)(=O)C2)c(C)s1. The van der Waals surface area contributed by atoms with E-state index in [-0.39, 0.29) is 11.5 Å². The van der Waals surface area contributed by atoms with Crippen LogP contribution in [0.5, 0.6) is 0 Å². The number of hydrogen-bond acceptors (Lipinski definition) is 5. The van der Waals surface area contributed by atoms with Crippen LogP contribution in [0.3, 0.4) is 0 Å². The molecule has 1 saturated heterocycles. The Hall–Kier alpha value is -0.440. The molecule has 1 atom stereocenters. The largest absolute Gasteiger partial charge is 0.244 e. The van der Waals surface area contributed by atoms with Gasteiger partial charge in [-0.15, -0.1) is 11.3 Å². The van der Waals surface area contributed by atoms with Crippen molar-refractivity contribution in [1.82, 2.24) is 4.31 Å². The molecule has 0 N–H and O–H groups in total. The summed E-state index contributed by atoms with van der Waals surface area (Å²) in [6.45, 7) is 3.63. The lowest BCUT2D eigenvalue weighted by Crippen LogP contribution is -2.37. The van der Waals surface area contributed by atoms with Crippen molar-refractivity contribution in [2.45, 2.75) is 31.2 Å². The van der Waals surface area contributed by atoms with Gasteiger partial charge in [0.05, 0.1) is 16.4 Å². The first kappa shape index (κ1) is 15.0. The molecule has 0 radical (unpaired) electrons. The standard InChI is InChI=1S/C11H17NO4S3/c1-8-6-11(9(2)17-8)19(15,16)12(3)10-4-5-18(13,14)7-10/h6,10H,4-5,7H2,1-3H3. The van der Waals surface area contributed by atoms with Gasteiger partial charge in [-0.05, 0) is 26.3 Å². The van der Waals surface area contributed by atoms with Crippen LogP contribution in [0.25, 0.3) is 0 Å². The van der Waals surface area contributed by atoms with E-state index in [0.29, 0.717) is 11.3 Å². The zero-order chi connectivity index (χ0) is 14.4. The first-order valence-corrected chi connectivity index (χ1v) is 9.97. The third kappa shape index (κ3) is 2.86. The van der Waals surface area contributed by atoms with Crippen molar-refractivity contribution < 1.29 is 16.8 Å². The maximum atomic E-state index is 12.5. The molecule has 1 unspecified atom stereocenters. The summed E-state index contributed by atoms with van der Waals surface area (Å²) in [5.74, 6) is -0.00985. The molecule has 1 aliphatic heterocycles. The molecule has 5 nitrogen and oxygen atoms in total. The van der Waals surface area contributed by atoms with Crippen LogP contribution in [0, 0.1) is 13.8 Å². The molecule has 19 heavy (non-hydrogen) atoms. The summed E-state index contributed by atoms with van der Waals surface area (Å²) in [6.07, 6.45) is 0.375. The Kier molecular flexibility index (Phi) is 3.81. The molecule has 1 aliphatic rings. The van der Waals surface area contributed by atoms with Gasteiger partial charge in [0.25, 0.3) is 0 Å². The van der Waals surface area contributed by atoms with Crippen molar-refractivity contribution in [1.29, 1.82) is 0 Å². The molecule has 0 saturated carbocycles. The summed E-state index contributed by atoms with van der Waals surface area (Å²) in [7, 11) is -5.23. The van der Waals surface area contributed by atoms with Crippen LogP contribution in [-0.2, 0) is 19.9 Å². The Morgan fingerprint density at radius 1 is 1.37 bits per heavy atom. The van der Waals surface area contributed by atoms with E-state index in [2.05, 4.69) is 0 Å².